The minimum atomic E-state index is -0.486. The topological polar surface area (TPSA) is 69.3 Å². The molecule has 0 radical (unpaired) electrons. The van der Waals surface area contributed by atoms with Gasteiger partial charge in [0.05, 0.1) is 29.6 Å². The van der Waals surface area contributed by atoms with Crippen LogP contribution in [0.2, 0.25) is 0 Å². The summed E-state index contributed by atoms with van der Waals surface area (Å²) in [6.45, 7) is 8.03. The van der Waals surface area contributed by atoms with E-state index in [2.05, 4.69) is 11.2 Å². The summed E-state index contributed by atoms with van der Waals surface area (Å²) in [5, 5.41) is 13.7. The Balaban J connectivity index is 1.94. The third-order valence-corrected chi connectivity index (χ3v) is 4.70. The molecule has 24 heavy (non-hydrogen) atoms. The Morgan fingerprint density at radius 3 is 2.46 bits per heavy atom. The van der Waals surface area contributed by atoms with Crippen LogP contribution in [0.3, 0.4) is 0 Å². The molecule has 7 heteroatoms. The van der Waals surface area contributed by atoms with Crippen LogP contribution >= 0.6 is 0 Å². The molecular formula is C17H20BN3O3. The zero-order chi connectivity index (χ0) is 17.5. The highest BCUT2D eigenvalue weighted by atomic mass is 16.7. The summed E-state index contributed by atoms with van der Waals surface area (Å²) in [4.78, 5) is 0. The molecule has 0 aliphatic carbocycles. The molecule has 6 nitrogen and oxygen atoms in total. The van der Waals surface area contributed by atoms with E-state index in [4.69, 9.17) is 14.0 Å². The lowest BCUT2D eigenvalue weighted by Gasteiger charge is -2.32. The lowest BCUT2D eigenvalue weighted by molar-refractivity contribution is 0.00578. The summed E-state index contributed by atoms with van der Waals surface area (Å²) in [5.41, 5.74) is 1.15. The highest BCUT2D eigenvalue weighted by Gasteiger charge is 2.52. The number of hydrogen-bond donors (Lipinski definition) is 0. The van der Waals surface area contributed by atoms with Crippen LogP contribution in [0.1, 0.15) is 33.3 Å². The average Bonchev–Trinajstić information content (AvgIpc) is 3.10. The molecule has 0 spiro atoms. The van der Waals surface area contributed by atoms with Crippen molar-refractivity contribution in [2.75, 3.05) is 7.11 Å². The molecule has 0 N–H and O–H groups in total. The van der Waals surface area contributed by atoms with Crippen molar-refractivity contribution in [2.24, 2.45) is 0 Å². The van der Waals surface area contributed by atoms with Crippen LogP contribution in [-0.4, -0.2) is 35.2 Å². The van der Waals surface area contributed by atoms with Crippen LogP contribution < -0.4 is 10.2 Å². The third kappa shape index (κ3) is 2.68. The Bertz CT molecular complexity index is 792. The molecule has 1 fully saturated rings. The number of hydrogen-bond acceptors (Lipinski definition) is 5. The minimum absolute atomic E-state index is 0.409. The van der Waals surface area contributed by atoms with Crippen molar-refractivity contribution >= 4 is 12.6 Å². The van der Waals surface area contributed by atoms with Gasteiger partial charge in [-0.05, 0) is 39.8 Å². The van der Waals surface area contributed by atoms with Gasteiger partial charge in [-0.2, -0.15) is 10.4 Å². The molecule has 0 atom stereocenters. The molecule has 3 rings (SSSR count). The van der Waals surface area contributed by atoms with Gasteiger partial charge in [-0.3, -0.25) is 0 Å². The maximum atomic E-state index is 9.32. The summed E-state index contributed by atoms with van der Waals surface area (Å²) in [6, 6.07) is 7.41. The summed E-state index contributed by atoms with van der Waals surface area (Å²) >= 11 is 0. The second-order valence-electron chi connectivity index (χ2n) is 6.80. The highest BCUT2D eigenvalue weighted by molar-refractivity contribution is 6.62. The van der Waals surface area contributed by atoms with Crippen LogP contribution in [0, 0.1) is 11.3 Å². The van der Waals surface area contributed by atoms with Gasteiger partial charge in [0.15, 0.2) is 0 Å². The van der Waals surface area contributed by atoms with Gasteiger partial charge in [-0.25, -0.2) is 4.68 Å². The van der Waals surface area contributed by atoms with E-state index < -0.39 is 18.3 Å². The molecule has 1 aromatic heterocycles. The fourth-order valence-corrected chi connectivity index (χ4v) is 2.49. The maximum Gasteiger partial charge on any atom is 0.498 e. The fourth-order valence-electron chi connectivity index (χ4n) is 2.49. The Morgan fingerprint density at radius 2 is 1.88 bits per heavy atom. The highest BCUT2D eigenvalue weighted by Crippen LogP contribution is 2.36. The van der Waals surface area contributed by atoms with E-state index in [0.717, 1.165) is 5.46 Å². The monoisotopic (exact) mass is 325 g/mol. The molecule has 0 amide bonds. The van der Waals surface area contributed by atoms with Crippen LogP contribution in [0.4, 0.5) is 0 Å². The molecule has 1 aromatic carbocycles. The molecule has 0 bridgehead atoms. The van der Waals surface area contributed by atoms with Gasteiger partial charge in [0.1, 0.15) is 11.8 Å². The Kier molecular flexibility index (Phi) is 3.90. The smallest absolute Gasteiger partial charge is 0.497 e. The second-order valence-corrected chi connectivity index (χ2v) is 6.80. The largest absolute Gasteiger partial charge is 0.498 e. The van der Waals surface area contributed by atoms with Gasteiger partial charge in [0, 0.05) is 23.9 Å². The van der Waals surface area contributed by atoms with Crippen molar-refractivity contribution < 1.29 is 14.0 Å². The van der Waals surface area contributed by atoms with E-state index in [1.807, 2.05) is 33.9 Å². The Morgan fingerprint density at radius 1 is 1.21 bits per heavy atom. The molecule has 0 saturated carbocycles. The second kappa shape index (κ2) is 5.65. The molecule has 0 unspecified atom stereocenters. The van der Waals surface area contributed by atoms with E-state index in [-0.39, 0.29) is 0 Å². The van der Waals surface area contributed by atoms with E-state index in [0.29, 0.717) is 17.0 Å². The molecule has 2 heterocycles. The van der Waals surface area contributed by atoms with Crippen molar-refractivity contribution in [3.8, 4) is 17.5 Å². The summed E-state index contributed by atoms with van der Waals surface area (Å²) in [6.07, 6.45) is 3.51. The first kappa shape index (κ1) is 16.6. The Hall–Kier alpha value is -2.30. The SMILES string of the molecule is COc1ccc(C#N)c(-n2cc(B3OC(C)(C)C(C)(C)O3)cn2)c1. The number of nitrogens with zero attached hydrogens (tertiary/aromatic N) is 3. The molecule has 1 aliphatic heterocycles. The van der Waals surface area contributed by atoms with Crippen LogP contribution in [0.5, 0.6) is 5.75 Å². The van der Waals surface area contributed by atoms with Crippen molar-refractivity contribution in [3.05, 3.63) is 36.2 Å². The normalized spacial score (nSPS) is 18.4. The summed E-state index contributed by atoms with van der Waals surface area (Å²) in [5.74, 6) is 0.664. The van der Waals surface area contributed by atoms with Crippen LogP contribution in [0.25, 0.3) is 5.69 Å². The quantitative estimate of drug-likeness (QED) is 0.808. The van der Waals surface area contributed by atoms with Gasteiger partial charge in [-0.1, -0.05) is 0 Å². The molecule has 2 aromatic rings. The van der Waals surface area contributed by atoms with E-state index in [1.165, 1.54) is 0 Å². The van der Waals surface area contributed by atoms with Crippen molar-refractivity contribution in [1.82, 2.24) is 9.78 Å². The van der Waals surface area contributed by atoms with Crippen molar-refractivity contribution in [3.63, 3.8) is 0 Å². The average molecular weight is 325 g/mol. The summed E-state index contributed by atoms with van der Waals surface area (Å²) in [7, 11) is 1.10. The number of benzene rings is 1. The minimum Gasteiger partial charge on any atom is -0.497 e. The van der Waals surface area contributed by atoms with Gasteiger partial charge >= 0.3 is 7.12 Å². The van der Waals surface area contributed by atoms with Crippen molar-refractivity contribution in [2.45, 2.75) is 38.9 Å². The molecule has 124 valence electrons. The van der Waals surface area contributed by atoms with Gasteiger partial charge in [0.2, 0.25) is 0 Å². The Labute approximate surface area is 142 Å². The fraction of sp³-hybridized carbons (Fsp3) is 0.412. The lowest BCUT2D eigenvalue weighted by atomic mass is 9.82. The first-order valence-electron chi connectivity index (χ1n) is 7.76. The predicted octanol–water partition coefficient (Wildman–Crippen LogP) is 2.05. The van der Waals surface area contributed by atoms with E-state index in [9.17, 15) is 5.26 Å². The standard InChI is InChI=1S/C17H20BN3O3/c1-16(2)17(3,4)24-18(23-16)13-10-20-21(11-13)15-8-14(22-5)7-6-12(15)9-19/h6-8,10-11H,1-5H3. The maximum absolute atomic E-state index is 9.32. The third-order valence-electron chi connectivity index (χ3n) is 4.70. The zero-order valence-corrected chi connectivity index (χ0v) is 14.5. The van der Waals surface area contributed by atoms with E-state index >= 15 is 0 Å². The molecule has 1 saturated heterocycles. The van der Waals surface area contributed by atoms with Gasteiger partial charge in [-0.15, -0.1) is 0 Å². The first-order chi connectivity index (χ1) is 11.3. The number of nitriles is 1. The van der Waals surface area contributed by atoms with Gasteiger partial charge in [0.25, 0.3) is 0 Å². The number of aromatic nitrogens is 2. The van der Waals surface area contributed by atoms with Crippen molar-refractivity contribution in [1.29, 1.82) is 5.26 Å². The van der Waals surface area contributed by atoms with Gasteiger partial charge < -0.3 is 14.0 Å². The molecular weight excluding hydrogens is 305 g/mol. The molecule has 1 aliphatic rings. The van der Waals surface area contributed by atoms with E-state index in [1.54, 1.807) is 36.2 Å². The lowest BCUT2D eigenvalue weighted by Crippen LogP contribution is -2.41. The number of methoxy groups -OCH3 is 1. The number of rotatable bonds is 3. The number of ether oxygens (including phenoxy) is 1. The zero-order valence-electron chi connectivity index (χ0n) is 14.5. The first-order valence-corrected chi connectivity index (χ1v) is 7.76. The van der Waals surface area contributed by atoms with Crippen LogP contribution in [0.15, 0.2) is 30.6 Å². The predicted molar refractivity (Wildman–Crippen MR) is 90.5 cm³/mol. The summed E-state index contributed by atoms with van der Waals surface area (Å²) < 4.78 is 18.9. The van der Waals surface area contributed by atoms with Crippen LogP contribution in [-0.2, 0) is 9.31 Å².